The number of pyridine rings is 1. The minimum Gasteiger partial charge on any atom is -0.458 e. The number of carbonyl (C=O) groups is 4. The van der Waals surface area contributed by atoms with Crippen LogP contribution in [0.1, 0.15) is 28.2 Å². The van der Waals surface area contributed by atoms with Crippen molar-refractivity contribution < 1.29 is 23.6 Å². The van der Waals surface area contributed by atoms with Crippen molar-refractivity contribution >= 4 is 35.5 Å². The number of hydrazone groups is 1. The number of hydrogen-bond acceptors (Lipinski definition) is 7. The highest BCUT2D eigenvalue weighted by molar-refractivity contribution is 6.39. The van der Waals surface area contributed by atoms with E-state index in [9.17, 15) is 19.2 Å². The summed E-state index contributed by atoms with van der Waals surface area (Å²) in [6.07, 6.45) is 4.37. The second kappa shape index (κ2) is 11.9. The Hall–Kier alpha value is -4.80. The first-order valence-electron chi connectivity index (χ1n) is 10.6. The van der Waals surface area contributed by atoms with Crippen LogP contribution in [0.25, 0.3) is 0 Å². The summed E-state index contributed by atoms with van der Waals surface area (Å²) in [5, 5.41) is 11.1. The molecule has 2 aromatic heterocycles. The summed E-state index contributed by atoms with van der Waals surface area (Å²) in [5.74, 6) is -2.79. The summed E-state index contributed by atoms with van der Waals surface area (Å²) >= 11 is 0. The highest BCUT2D eigenvalue weighted by Gasteiger charge is 2.15. The molecular formula is C24H24N6O5. The average Bonchev–Trinajstić information content (AvgIpc) is 3.31. The lowest BCUT2D eigenvalue weighted by Gasteiger charge is -2.07. The van der Waals surface area contributed by atoms with E-state index in [1.807, 2.05) is 19.9 Å². The lowest BCUT2D eigenvalue weighted by Crippen LogP contribution is -2.37. The molecule has 11 nitrogen and oxygen atoms in total. The van der Waals surface area contributed by atoms with E-state index >= 15 is 0 Å². The molecule has 0 unspecified atom stereocenters. The van der Waals surface area contributed by atoms with E-state index in [1.165, 1.54) is 6.21 Å². The lowest BCUT2D eigenvalue weighted by molar-refractivity contribution is -0.139. The molecule has 4 amide bonds. The molecule has 0 fully saturated rings. The number of benzene rings is 1. The summed E-state index contributed by atoms with van der Waals surface area (Å²) in [6.45, 7) is 3.98. The van der Waals surface area contributed by atoms with Crippen LogP contribution < -0.4 is 21.4 Å². The molecule has 11 heteroatoms. The van der Waals surface area contributed by atoms with Crippen LogP contribution in [0.4, 0.5) is 5.69 Å². The van der Waals surface area contributed by atoms with Crippen molar-refractivity contribution in [2.24, 2.45) is 5.10 Å². The summed E-state index contributed by atoms with van der Waals surface area (Å²) in [5.41, 5.74) is 5.44. The molecule has 2 heterocycles. The zero-order valence-electron chi connectivity index (χ0n) is 19.1. The van der Waals surface area contributed by atoms with E-state index in [0.29, 0.717) is 11.4 Å². The maximum Gasteiger partial charge on any atom is 0.329 e. The van der Waals surface area contributed by atoms with Gasteiger partial charge in [0.05, 0.1) is 12.8 Å². The summed E-state index contributed by atoms with van der Waals surface area (Å²) in [6, 6.07) is 12.0. The van der Waals surface area contributed by atoms with E-state index in [-0.39, 0.29) is 18.8 Å². The number of anilines is 1. The van der Waals surface area contributed by atoms with Crippen LogP contribution in [-0.2, 0) is 32.3 Å². The van der Waals surface area contributed by atoms with Gasteiger partial charge in [0.25, 0.3) is 0 Å². The Morgan fingerprint density at radius 1 is 0.914 bits per heavy atom. The van der Waals surface area contributed by atoms with Crippen LogP contribution in [0.15, 0.2) is 64.4 Å². The molecule has 180 valence electrons. The molecule has 0 saturated carbocycles. The van der Waals surface area contributed by atoms with Gasteiger partial charge >= 0.3 is 23.6 Å². The minimum atomic E-state index is -0.945. The monoisotopic (exact) mass is 476 g/mol. The fourth-order valence-electron chi connectivity index (χ4n) is 2.78. The van der Waals surface area contributed by atoms with E-state index in [0.717, 1.165) is 16.7 Å². The molecule has 3 aromatic rings. The third-order valence-electron chi connectivity index (χ3n) is 4.82. The Bertz CT molecular complexity index is 1250. The van der Waals surface area contributed by atoms with Gasteiger partial charge in [-0.2, -0.15) is 5.10 Å². The molecule has 35 heavy (non-hydrogen) atoms. The van der Waals surface area contributed by atoms with Gasteiger partial charge in [0, 0.05) is 24.6 Å². The largest absolute Gasteiger partial charge is 0.458 e. The Labute approximate surface area is 201 Å². The Morgan fingerprint density at radius 3 is 2.43 bits per heavy atom. The third-order valence-corrected chi connectivity index (χ3v) is 4.82. The Balaban J connectivity index is 1.41. The van der Waals surface area contributed by atoms with Gasteiger partial charge in [-0.15, -0.1) is 0 Å². The quantitative estimate of drug-likeness (QED) is 0.229. The fraction of sp³-hybridized carbons (Fsp3) is 0.167. The SMILES string of the molecule is Cc1ccc(NC(=O)C(=O)NCc2ccc(/C=N/NC(=O)C(=O)NCc3cccnc3)o2)cc1C. The van der Waals surface area contributed by atoms with Crippen molar-refractivity contribution in [1.82, 2.24) is 21.0 Å². The van der Waals surface area contributed by atoms with Gasteiger partial charge < -0.3 is 20.4 Å². The third kappa shape index (κ3) is 7.63. The van der Waals surface area contributed by atoms with Gasteiger partial charge in [-0.3, -0.25) is 24.2 Å². The molecule has 0 radical (unpaired) electrons. The van der Waals surface area contributed by atoms with Gasteiger partial charge in [0.2, 0.25) is 0 Å². The second-order valence-corrected chi connectivity index (χ2v) is 7.48. The van der Waals surface area contributed by atoms with Crippen molar-refractivity contribution in [3.05, 3.63) is 83.1 Å². The van der Waals surface area contributed by atoms with Crippen molar-refractivity contribution in [2.45, 2.75) is 26.9 Å². The number of nitrogens with zero attached hydrogens (tertiary/aromatic N) is 2. The van der Waals surface area contributed by atoms with Crippen molar-refractivity contribution in [1.29, 1.82) is 0 Å². The van der Waals surface area contributed by atoms with Crippen LogP contribution >= 0.6 is 0 Å². The van der Waals surface area contributed by atoms with Crippen LogP contribution in [0.3, 0.4) is 0 Å². The topological polar surface area (TPSA) is 155 Å². The highest BCUT2D eigenvalue weighted by atomic mass is 16.3. The van der Waals surface area contributed by atoms with E-state index in [2.05, 4.69) is 31.5 Å². The lowest BCUT2D eigenvalue weighted by atomic mass is 10.1. The van der Waals surface area contributed by atoms with Crippen molar-refractivity contribution in [3.8, 4) is 0 Å². The number of furan rings is 1. The number of rotatable bonds is 7. The maximum atomic E-state index is 12.1. The number of hydrogen-bond donors (Lipinski definition) is 4. The molecule has 3 rings (SSSR count). The number of carbonyl (C=O) groups excluding carboxylic acids is 4. The molecule has 0 atom stereocenters. The zero-order chi connectivity index (χ0) is 25.2. The molecular weight excluding hydrogens is 452 g/mol. The number of amides is 4. The predicted octanol–water partition coefficient (Wildman–Crippen LogP) is 1.31. The van der Waals surface area contributed by atoms with E-state index < -0.39 is 23.6 Å². The first-order valence-corrected chi connectivity index (χ1v) is 10.6. The van der Waals surface area contributed by atoms with Gasteiger partial charge in [-0.1, -0.05) is 12.1 Å². The normalized spacial score (nSPS) is 10.6. The zero-order valence-corrected chi connectivity index (χ0v) is 19.1. The first-order chi connectivity index (χ1) is 16.8. The molecule has 0 aliphatic rings. The first kappa shape index (κ1) is 24.8. The average molecular weight is 476 g/mol. The molecule has 0 saturated heterocycles. The smallest absolute Gasteiger partial charge is 0.329 e. The molecule has 0 spiro atoms. The standard InChI is InChI=1S/C24H24N6O5/c1-15-5-6-18(10-16(15)2)29-23(33)21(31)27-13-19-7-8-20(35-19)14-28-30-24(34)22(32)26-12-17-4-3-9-25-11-17/h3-11,14H,12-13H2,1-2H3,(H,26,32)(H,27,31)(H,29,33)(H,30,34)/b28-14+. The number of aryl methyl sites for hydroxylation is 2. The highest BCUT2D eigenvalue weighted by Crippen LogP contribution is 2.14. The van der Waals surface area contributed by atoms with Crippen molar-refractivity contribution in [3.63, 3.8) is 0 Å². The maximum absolute atomic E-state index is 12.1. The van der Waals surface area contributed by atoms with E-state index in [1.54, 1.807) is 48.8 Å². The predicted molar refractivity (Wildman–Crippen MR) is 127 cm³/mol. The fourth-order valence-corrected chi connectivity index (χ4v) is 2.78. The van der Waals surface area contributed by atoms with E-state index in [4.69, 9.17) is 4.42 Å². The van der Waals surface area contributed by atoms with Gasteiger partial charge in [0.15, 0.2) is 0 Å². The number of aromatic nitrogens is 1. The van der Waals surface area contributed by atoms with Crippen molar-refractivity contribution in [2.75, 3.05) is 5.32 Å². The molecule has 0 aliphatic carbocycles. The molecule has 4 N–H and O–H groups in total. The van der Waals surface area contributed by atoms with Gasteiger partial charge in [0.1, 0.15) is 11.5 Å². The van der Waals surface area contributed by atoms with Crippen LogP contribution in [0.2, 0.25) is 0 Å². The minimum absolute atomic E-state index is 0.0316. The van der Waals surface area contributed by atoms with Crippen LogP contribution in [0, 0.1) is 13.8 Å². The Morgan fingerprint density at radius 2 is 1.69 bits per heavy atom. The second-order valence-electron chi connectivity index (χ2n) is 7.48. The number of nitrogens with one attached hydrogen (secondary N) is 4. The molecule has 0 aliphatic heterocycles. The van der Waals surface area contributed by atoms with Gasteiger partial charge in [-0.25, -0.2) is 5.43 Å². The summed E-state index contributed by atoms with van der Waals surface area (Å²) in [4.78, 5) is 51.6. The molecule has 0 bridgehead atoms. The molecule has 1 aromatic carbocycles. The van der Waals surface area contributed by atoms with Crippen LogP contribution in [0.5, 0.6) is 0 Å². The van der Waals surface area contributed by atoms with Gasteiger partial charge in [-0.05, 0) is 60.9 Å². The summed E-state index contributed by atoms with van der Waals surface area (Å²) in [7, 11) is 0. The van der Waals surface area contributed by atoms with Crippen LogP contribution in [-0.4, -0.2) is 34.8 Å². The summed E-state index contributed by atoms with van der Waals surface area (Å²) < 4.78 is 5.45. The Kier molecular flexibility index (Phi) is 8.43.